The van der Waals surface area contributed by atoms with Crippen molar-refractivity contribution in [1.82, 2.24) is 29.5 Å². The fourth-order valence-corrected chi connectivity index (χ4v) is 8.50. The minimum absolute atomic E-state index is 0.0262. The van der Waals surface area contributed by atoms with Crippen LogP contribution in [0.2, 0.25) is 10.0 Å². The molecule has 2 fully saturated rings. The lowest BCUT2D eigenvalue weighted by Gasteiger charge is -2.26. The van der Waals surface area contributed by atoms with Gasteiger partial charge in [0, 0.05) is 47.1 Å². The SMILES string of the molecule is Cc1cc(-n2ccnc2)c2cccc(OCc3c(Cl)ccc(S(=O)(=O)N4CCC[C@H]4C(=O)NCC4CCNCC4)c3Cl)c2n1. The maximum absolute atomic E-state index is 13.9. The van der Waals surface area contributed by atoms with Crippen LogP contribution in [0.25, 0.3) is 16.6 Å². The molecule has 13 heteroatoms. The first-order valence-electron chi connectivity index (χ1n) is 14.7. The summed E-state index contributed by atoms with van der Waals surface area (Å²) in [5.41, 5.74) is 2.67. The van der Waals surface area contributed by atoms with Crippen LogP contribution in [0.5, 0.6) is 5.75 Å². The molecule has 0 spiro atoms. The lowest BCUT2D eigenvalue weighted by molar-refractivity contribution is -0.124. The summed E-state index contributed by atoms with van der Waals surface area (Å²) in [6, 6.07) is 9.69. The number of rotatable bonds is 9. The summed E-state index contributed by atoms with van der Waals surface area (Å²) >= 11 is 13.3. The zero-order valence-corrected chi connectivity index (χ0v) is 26.6. The molecule has 4 aromatic rings. The van der Waals surface area contributed by atoms with E-state index in [1.807, 2.05) is 35.9 Å². The number of benzene rings is 2. The van der Waals surface area contributed by atoms with Gasteiger partial charge >= 0.3 is 0 Å². The molecular formula is C31H34Cl2N6O4S. The third kappa shape index (κ3) is 6.16. The van der Waals surface area contributed by atoms with Gasteiger partial charge in [0.25, 0.3) is 0 Å². The number of aromatic nitrogens is 3. The number of halogens is 2. The Morgan fingerprint density at radius 2 is 1.98 bits per heavy atom. The maximum Gasteiger partial charge on any atom is 0.245 e. The molecule has 232 valence electrons. The number of imidazole rings is 1. The van der Waals surface area contributed by atoms with E-state index >= 15 is 0 Å². The van der Waals surface area contributed by atoms with E-state index in [1.54, 1.807) is 18.6 Å². The summed E-state index contributed by atoms with van der Waals surface area (Å²) in [5, 5.41) is 7.42. The van der Waals surface area contributed by atoms with E-state index in [2.05, 4.69) is 15.6 Å². The number of pyridine rings is 1. The second-order valence-electron chi connectivity index (χ2n) is 11.2. The summed E-state index contributed by atoms with van der Waals surface area (Å²) in [4.78, 5) is 21.9. The Balaban J connectivity index is 1.24. The Hall–Kier alpha value is -3.22. The van der Waals surface area contributed by atoms with Gasteiger partial charge in [-0.25, -0.2) is 18.4 Å². The van der Waals surface area contributed by atoms with Crippen molar-refractivity contribution in [2.45, 2.75) is 50.2 Å². The Bertz CT molecular complexity index is 1780. The van der Waals surface area contributed by atoms with Crippen molar-refractivity contribution in [3.05, 3.63) is 76.4 Å². The van der Waals surface area contributed by atoms with Crippen LogP contribution in [0.1, 0.15) is 36.9 Å². The van der Waals surface area contributed by atoms with E-state index in [0.29, 0.717) is 42.1 Å². The number of sulfonamides is 1. The monoisotopic (exact) mass is 656 g/mol. The third-order valence-corrected chi connectivity index (χ3v) is 11.2. The normalized spacial score (nSPS) is 18.1. The standard InChI is InChI=1S/C31H34Cl2N6O4S/c1-20-16-26(38-15-13-35-19-38)22-4-2-6-27(30(22)37-20)43-18-23-24(32)7-8-28(29(23)33)44(41,42)39-14-3-5-25(39)31(40)36-17-21-9-11-34-12-10-21/h2,4,6-8,13,15-16,19,21,25,34H,3,5,9-12,14,17-18H2,1H3,(H,36,40)/t25-/m0/s1. The van der Waals surface area contributed by atoms with Crippen LogP contribution in [0.4, 0.5) is 0 Å². The molecule has 2 saturated heterocycles. The predicted molar refractivity (Wildman–Crippen MR) is 170 cm³/mol. The maximum atomic E-state index is 13.9. The van der Waals surface area contributed by atoms with Gasteiger partial charge in [-0.3, -0.25) is 4.79 Å². The molecule has 0 saturated carbocycles. The van der Waals surface area contributed by atoms with E-state index in [0.717, 1.165) is 42.7 Å². The molecule has 2 aromatic heterocycles. The highest BCUT2D eigenvalue weighted by atomic mass is 35.5. The zero-order valence-electron chi connectivity index (χ0n) is 24.3. The van der Waals surface area contributed by atoms with Crippen molar-refractivity contribution in [3.8, 4) is 11.4 Å². The van der Waals surface area contributed by atoms with Crippen molar-refractivity contribution in [2.75, 3.05) is 26.2 Å². The van der Waals surface area contributed by atoms with E-state index in [1.165, 1.54) is 16.4 Å². The molecule has 2 aliphatic heterocycles. The van der Waals surface area contributed by atoms with Crippen LogP contribution in [-0.4, -0.2) is 65.4 Å². The molecule has 2 aromatic carbocycles. The first kappa shape index (κ1) is 30.8. The molecule has 2 aliphatic rings. The van der Waals surface area contributed by atoms with Gasteiger partial charge in [0.15, 0.2) is 0 Å². The van der Waals surface area contributed by atoms with Gasteiger partial charge in [0.1, 0.15) is 28.8 Å². The summed E-state index contributed by atoms with van der Waals surface area (Å²) in [6.45, 7) is 4.44. The van der Waals surface area contributed by atoms with Crippen molar-refractivity contribution >= 4 is 50.0 Å². The Morgan fingerprint density at radius 1 is 1.16 bits per heavy atom. The summed E-state index contributed by atoms with van der Waals surface area (Å²) in [6.07, 6.45) is 8.29. The van der Waals surface area contributed by atoms with Crippen LogP contribution < -0.4 is 15.4 Å². The highest BCUT2D eigenvalue weighted by Gasteiger charge is 2.40. The van der Waals surface area contributed by atoms with Crippen LogP contribution >= 0.6 is 23.2 Å². The Kier molecular flexibility index (Phi) is 9.11. The second-order valence-corrected chi connectivity index (χ2v) is 13.9. The van der Waals surface area contributed by atoms with Crippen LogP contribution in [-0.2, 0) is 21.4 Å². The van der Waals surface area contributed by atoms with E-state index < -0.39 is 16.1 Å². The van der Waals surface area contributed by atoms with Gasteiger partial charge in [-0.1, -0.05) is 35.3 Å². The number of aryl methyl sites for hydroxylation is 1. The summed E-state index contributed by atoms with van der Waals surface area (Å²) in [5.74, 6) is 0.614. The highest BCUT2D eigenvalue weighted by Crippen LogP contribution is 2.37. The van der Waals surface area contributed by atoms with Gasteiger partial charge in [-0.2, -0.15) is 4.31 Å². The third-order valence-electron chi connectivity index (χ3n) is 8.33. The molecule has 0 radical (unpaired) electrons. The fourth-order valence-electron chi connectivity index (χ4n) is 5.98. The summed E-state index contributed by atoms with van der Waals surface area (Å²) < 4.78 is 37.2. The minimum Gasteiger partial charge on any atom is -0.487 e. The van der Waals surface area contributed by atoms with E-state index in [9.17, 15) is 13.2 Å². The van der Waals surface area contributed by atoms with E-state index in [-0.39, 0.29) is 34.0 Å². The molecule has 4 heterocycles. The average molecular weight is 658 g/mol. The highest BCUT2D eigenvalue weighted by molar-refractivity contribution is 7.89. The first-order valence-corrected chi connectivity index (χ1v) is 16.9. The number of fused-ring (bicyclic) bond motifs is 1. The molecule has 0 bridgehead atoms. The van der Waals surface area contributed by atoms with Crippen LogP contribution in [0.15, 0.2) is 60.0 Å². The fraction of sp³-hybridized carbons (Fsp3) is 0.387. The quantitative estimate of drug-likeness (QED) is 0.263. The Morgan fingerprint density at radius 3 is 2.75 bits per heavy atom. The minimum atomic E-state index is -4.10. The molecule has 0 aliphatic carbocycles. The van der Waals surface area contributed by atoms with Crippen molar-refractivity contribution in [1.29, 1.82) is 0 Å². The Labute approximate surface area is 266 Å². The van der Waals surface area contributed by atoms with Crippen LogP contribution in [0, 0.1) is 12.8 Å². The van der Waals surface area contributed by atoms with Crippen molar-refractivity contribution in [2.24, 2.45) is 5.92 Å². The van der Waals surface area contributed by atoms with Gasteiger partial charge in [0.2, 0.25) is 15.9 Å². The number of carbonyl (C=O) groups is 1. The number of para-hydroxylation sites is 1. The lowest BCUT2D eigenvalue weighted by atomic mass is 9.98. The summed E-state index contributed by atoms with van der Waals surface area (Å²) in [7, 11) is -4.10. The molecule has 44 heavy (non-hydrogen) atoms. The molecule has 1 amide bonds. The topological polar surface area (TPSA) is 118 Å². The molecule has 10 nitrogen and oxygen atoms in total. The van der Waals surface area contributed by atoms with Gasteiger partial charge in [-0.05, 0) is 75.9 Å². The predicted octanol–water partition coefficient (Wildman–Crippen LogP) is 4.88. The lowest BCUT2D eigenvalue weighted by Crippen LogP contribution is -2.47. The van der Waals surface area contributed by atoms with Gasteiger partial charge in [0.05, 0.1) is 17.0 Å². The molecular weight excluding hydrogens is 623 g/mol. The number of piperidine rings is 1. The number of amides is 1. The van der Waals surface area contributed by atoms with Crippen molar-refractivity contribution in [3.63, 3.8) is 0 Å². The largest absolute Gasteiger partial charge is 0.487 e. The average Bonchev–Trinajstić information content (AvgIpc) is 3.74. The number of hydrogen-bond donors (Lipinski definition) is 2. The smallest absolute Gasteiger partial charge is 0.245 e. The van der Waals surface area contributed by atoms with E-state index in [4.69, 9.17) is 32.9 Å². The number of ether oxygens (including phenoxy) is 1. The van der Waals surface area contributed by atoms with Crippen LogP contribution in [0.3, 0.4) is 0 Å². The van der Waals surface area contributed by atoms with Gasteiger partial charge < -0.3 is 19.9 Å². The molecule has 6 rings (SSSR count). The van der Waals surface area contributed by atoms with Crippen molar-refractivity contribution < 1.29 is 17.9 Å². The number of nitrogens with one attached hydrogen (secondary N) is 2. The number of carbonyl (C=O) groups excluding carboxylic acids is 1. The molecule has 0 unspecified atom stereocenters. The molecule has 2 N–H and O–H groups in total. The van der Waals surface area contributed by atoms with Gasteiger partial charge in [-0.15, -0.1) is 0 Å². The number of hydrogen-bond acceptors (Lipinski definition) is 7. The zero-order chi connectivity index (χ0) is 30.8. The number of nitrogens with zero attached hydrogens (tertiary/aromatic N) is 4. The molecule has 1 atom stereocenters. The first-order chi connectivity index (χ1) is 21.2. The second kappa shape index (κ2) is 13.0.